The van der Waals surface area contributed by atoms with E-state index in [1.807, 2.05) is 53.9 Å². The maximum atomic E-state index is 12.7. The third-order valence-electron chi connectivity index (χ3n) is 6.25. The molecule has 0 saturated carbocycles. The van der Waals surface area contributed by atoms with Crippen molar-refractivity contribution >= 4 is 50.9 Å². The summed E-state index contributed by atoms with van der Waals surface area (Å²) in [6.07, 6.45) is 0.201. The zero-order chi connectivity index (χ0) is 29.6. The Morgan fingerprint density at radius 1 is 0.857 bits per heavy atom. The number of nitrogen functional groups attached to an aromatic ring is 1. The summed E-state index contributed by atoms with van der Waals surface area (Å²) in [6, 6.07) is 18.6. The number of benzene rings is 3. The van der Waals surface area contributed by atoms with Gasteiger partial charge in [-0.3, -0.25) is 4.79 Å². The Balaban J connectivity index is 1.31. The molecule has 216 valence electrons. The van der Waals surface area contributed by atoms with E-state index in [9.17, 15) is 4.79 Å². The van der Waals surface area contributed by atoms with Crippen LogP contribution in [0.15, 0.2) is 66.0 Å². The average molecular weight is 604 g/mol. The standard InChI is InChI=1S/C30H29N5O5S2/c1-37-22-11-6-5-8-18(22)13-25(36)32-19-10-7-9-17(12-19)21-16-41-29(34-21)27-28(31)35-30(42-27)33-20-14-23(38-2)26(40-4)24(15-20)39-3/h5-12,14-16H,13,31H2,1-4H3,(H,32,36)(H,33,35). The van der Waals surface area contributed by atoms with E-state index in [0.29, 0.717) is 45.3 Å². The second kappa shape index (κ2) is 12.8. The lowest BCUT2D eigenvalue weighted by Gasteiger charge is -2.14. The molecule has 42 heavy (non-hydrogen) atoms. The molecule has 0 aliphatic carbocycles. The Morgan fingerprint density at radius 3 is 2.31 bits per heavy atom. The molecule has 12 heteroatoms. The number of thiazole rings is 2. The first-order valence-electron chi connectivity index (χ1n) is 12.7. The van der Waals surface area contributed by atoms with Crippen molar-refractivity contribution in [2.75, 3.05) is 44.8 Å². The first-order chi connectivity index (χ1) is 20.4. The number of nitrogens with zero attached hydrogens (tertiary/aromatic N) is 2. The highest BCUT2D eigenvalue weighted by atomic mass is 32.1. The van der Waals surface area contributed by atoms with Gasteiger partial charge in [0.25, 0.3) is 0 Å². The molecular weight excluding hydrogens is 574 g/mol. The Hall–Kier alpha value is -4.81. The van der Waals surface area contributed by atoms with Crippen LogP contribution < -0.4 is 35.3 Å². The minimum Gasteiger partial charge on any atom is -0.496 e. The molecule has 2 aromatic heterocycles. The molecule has 0 spiro atoms. The van der Waals surface area contributed by atoms with Crippen molar-refractivity contribution in [3.63, 3.8) is 0 Å². The fraction of sp³-hybridized carbons (Fsp3) is 0.167. The van der Waals surface area contributed by atoms with Gasteiger partial charge in [0.1, 0.15) is 21.5 Å². The van der Waals surface area contributed by atoms with Crippen LogP contribution in [-0.2, 0) is 11.2 Å². The monoisotopic (exact) mass is 603 g/mol. The topological polar surface area (TPSA) is 130 Å². The number of nitrogens with two attached hydrogens (primary N) is 1. The third-order valence-corrected chi connectivity index (χ3v) is 8.24. The molecular formula is C30H29N5O5S2. The first-order valence-corrected chi connectivity index (χ1v) is 14.4. The van der Waals surface area contributed by atoms with Crippen LogP contribution in [0.25, 0.3) is 21.1 Å². The van der Waals surface area contributed by atoms with Crippen molar-refractivity contribution in [2.24, 2.45) is 0 Å². The lowest BCUT2D eigenvalue weighted by molar-refractivity contribution is -0.115. The minimum absolute atomic E-state index is 0.139. The number of carbonyl (C=O) groups excluding carboxylic acids is 1. The van der Waals surface area contributed by atoms with Gasteiger partial charge in [0, 0.05) is 40.0 Å². The summed E-state index contributed by atoms with van der Waals surface area (Å²) < 4.78 is 21.6. The van der Waals surface area contributed by atoms with E-state index in [0.717, 1.165) is 26.7 Å². The summed E-state index contributed by atoms with van der Waals surface area (Å²) in [7, 11) is 6.27. The first kappa shape index (κ1) is 28.7. The molecule has 2 heterocycles. The molecule has 5 rings (SSSR count). The van der Waals surface area contributed by atoms with Crippen LogP contribution in [0.3, 0.4) is 0 Å². The number of nitrogens with one attached hydrogen (secondary N) is 2. The SMILES string of the molecule is COc1ccccc1CC(=O)Nc1cccc(-c2csc(-c3sc(Nc4cc(OC)c(OC)c(OC)c4)nc3N)n2)c1. The molecule has 0 aliphatic rings. The number of anilines is 4. The summed E-state index contributed by atoms with van der Waals surface area (Å²) >= 11 is 2.86. The number of hydrogen-bond donors (Lipinski definition) is 3. The second-order valence-electron chi connectivity index (χ2n) is 8.93. The summed E-state index contributed by atoms with van der Waals surface area (Å²) in [5.74, 6) is 2.45. The summed E-state index contributed by atoms with van der Waals surface area (Å²) in [4.78, 5) is 22.8. The Kier molecular flexibility index (Phi) is 8.74. The quantitative estimate of drug-likeness (QED) is 0.155. The van der Waals surface area contributed by atoms with Gasteiger partial charge in [-0.05, 0) is 18.2 Å². The van der Waals surface area contributed by atoms with Gasteiger partial charge in [0.2, 0.25) is 11.7 Å². The van der Waals surface area contributed by atoms with Crippen LogP contribution in [0.5, 0.6) is 23.0 Å². The number of hydrogen-bond acceptors (Lipinski definition) is 11. The molecule has 0 bridgehead atoms. The van der Waals surface area contributed by atoms with Crippen LogP contribution in [0.4, 0.5) is 22.3 Å². The van der Waals surface area contributed by atoms with E-state index in [-0.39, 0.29) is 12.3 Å². The van der Waals surface area contributed by atoms with Crippen molar-refractivity contribution in [2.45, 2.75) is 6.42 Å². The molecule has 0 saturated heterocycles. The van der Waals surface area contributed by atoms with E-state index in [1.54, 1.807) is 40.6 Å². The largest absolute Gasteiger partial charge is 0.496 e. The highest BCUT2D eigenvalue weighted by Gasteiger charge is 2.18. The zero-order valence-corrected chi connectivity index (χ0v) is 25.0. The van der Waals surface area contributed by atoms with Gasteiger partial charge < -0.3 is 35.3 Å². The maximum absolute atomic E-state index is 12.7. The highest BCUT2D eigenvalue weighted by Crippen LogP contribution is 2.43. The van der Waals surface area contributed by atoms with Gasteiger partial charge in [-0.2, -0.15) is 0 Å². The molecule has 0 aliphatic heterocycles. The van der Waals surface area contributed by atoms with Gasteiger partial charge >= 0.3 is 0 Å². The Bertz CT molecular complexity index is 1690. The van der Waals surface area contributed by atoms with Crippen LogP contribution in [0, 0.1) is 0 Å². The Morgan fingerprint density at radius 2 is 1.60 bits per heavy atom. The average Bonchev–Trinajstić information content (AvgIpc) is 3.63. The van der Waals surface area contributed by atoms with Crippen molar-refractivity contribution < 1.29 is 23.7 Å². The minimum atomic E-state index is -0.139. The van der Waals surface area contributed by atoms with E-state index in [4.69, 9.17) is 29.7 Å². The maximum Gasteiger partial charge on any atom is 0.228 e. The number of aromatic nitrogens is 2. The van der Waals surface area contributed by atoms with Crippen molar-refractivity contribution in [1.29, 1.82) is 0 Å². The number of carbonyl (C=O) groups is 1. The van der Waals surface area contributed by atoms with Gasteiger partial charge in [-0.25, -0.2) is 9.97 Å². The van der Waals surface area contributed by atoms with E-state index in [2.05, 4.69) is 15.6 Å². The predicted molar refractivity (Wildman–Crippen MR) is 168 cm³/mol. The van der Waals surface area contributed by atoms with Crippen LogP contribution in [0.1, 0.15) is 5.56 Å². The van der Waals surface area contributed by atoms with Crippen LogP contribution in [-0.4, -0.2) is 44.3 Å². The molecule has 4 N–H and O–H groups in total. The van der Waals surface area contributed by atoms with E-state index < -0.39 is 0 Å². The normalized spacial score (nSPS) is 10.7. The smallest absolute Gasteiger partial charge is 0.228 e. The number of methoxy groups -OCH3 is 4. The summed E-state index contributed by atoms with van der Waals surface area (Å²) in [5.41, 5.74) is 10.1. The van der Waals surface area contributed by atoms with Gasteiger partial charge in [0.15, 0.2) is 16.6 Å². The van der Waals surface area contributed by atoms with Crippen molar-refractivity contribution in [1.82, 2.24) is 9.97 Å². The molecule has 3 aromatic carbocycles. The van der Waals surface area contributed by atoms with Crippen molar-refractivity contribution in [3.05, 3.63) is 71.6 Å². The number of ether oxygens (including phenoxy) is 4. The van der Waals surface area contributed by atoms with E-state index in [1.165, 1.54) is 22.7 Å². The number of rotatable bonds is 11. The summed E-state index contributed by atoms with van der Waals surface area (Å²) in [5, 5.41) is 9.52. The lowest BCUT2D eigenvalue weighted by atomic mass is 10.1. The Labute approximate surface area is 251 Å². The van der Waals surface area contributed by atoms with Crippen LogP contribution in [0.2, 0.25) is 0 Å². The van der Waals surface area contributed by atoms with Gasteiger partial charge in [0.05, 0.1) is 40.6 Å². The van der Waals surface area contributed by atoms with Crippen LogP contribution >= 0.6 is 22.7 Å². The molecule has 1 amide bonds. The lowest BCUT2D eigenvalue weighted by Crippen LogP contribution is -2.14. The molecule has 0 radical (unpaired) electrons. The predicted octanol–water partition coefficient (Wildman–Crippen LogP) is 6.48. The molecule has 5 aromatic rings. The highest BCUT2D eigenvalue weighted by molar-refractivity contribution is 7.23. The number of para-hydroxylation sites is 1. The zero-order valence-electron chi connectivity index (χ0n) is 23.4. The fourth-order valence-electron chi connectivity index (χ4n) is 4.31. The third kappa shape index (κ3) is 6.24. The molecule has 0 atom stereocenters. The molecule has 10 nitrogen and oxygen atoms in total. The fourth-order valence-corrected chi connectivity index (χ4v) is 6.14. The summed E-state index contributed by atoms with van der Waals surface area (Å²) in [6.45, 7) is 0. The van der Waals surface area contributed by atoms with Gasteiger partial charge in [-0.1, -0.05) is 41.7 Å². The van der Waals surface area contributed by atoms with Crippen molar-refractivity contribution in [3.8, 4) is 44.1 Å². The second-order valence-corrected chi connectivity index (χ2v) is 10.8. The van der Waals surface area contributed by atoms with E-state index >= 15 is 0 Å². The van der Waals surface area contributed by atoms with Gasteiger partial charge in [-0.15, -0.1) is 11.3 Å². The molecule has 0 unspecified atom stereocenters. The number of amides is 1. The molecule has 0 fully saturated rings.